The number of aromatic nitrogens is 3. The molecule has 2 rings (SSSR count). The summed E-state index contributed by atoms with van der Waals surface area (Å²) in [5.74, 6) is 1.00. The fourth-order valence-electron chi connectivity index (χ4n) is 1.76. The van der Waals surface area contributed by atoms with Crippen LogP contribution in [-0.2, 0) is 0 Å². The summed E-state index contributed by atoms with van der Waals surface area (Å²) in [7, 11) is 0. The Bertz CT molecular complexity index is 580. The van der Waals surface area contributed by atoms with E-state index in [9.17, 15) is 4.39 Å². The third kappa shape index (κ3) is 2.13. The zero-order valence-corrected chi connectivity index (χ0v) is 10.6. The van der Waals surface area contributed by atoms with E-state index in [4.69, 9.17) is 10.5 Å². The molecular formula is C12H15FN4O. The van der Waals surface area contributed by atoms with Crippen LogP contribution in [0.3, 0.4) is 0 Å². The molecular weight excluding hydrogens is 235 g/mol. The number of rotatable bonds is 3. The molecule has 1 aromatic carbocycles. The predicted octanol–water partition coefficient (Wildman–Crippen LogP) is 2.00. The molecule has 18 heavy (non-hydrogen) atoms. The molecule has 96 valence electrons. The van der Waals surface area contributed by atoms with E-state index in [0.29, 0.717) is 29.6 Å². The van der Waals surface area contributed by atoms with Crippen LogP contribution in [-0.4, -0.2) is 21.4 Å². The molecule has 1 heterocycles. The first-order valence-electron chi connectivity index (χ1n) is 5.65. The molecule has 0 unspecified atom stereocenters. The van der Waals surface area contributed by atoms with Crippen molar-refractivity contribution in [3.63, 3.8) is 0 Å². The number of ether oxygens (including phenoxy) is 1. The van der Waals surface area contributed by atoms with Gasteiger partial charge in [0, 0.05) is 12.1 Å². The van der Waals surface area contributed by atoms with Crippen LogP contribution in [0.2, 0.25) is 0 Å². The molecule has 6 heteroatoms. The van der Waals surface area contributed by atoms with Gasteiger partial charge in [0.2, 0.25) is 0 Å². The van der Waals surface area contributed by atoms with Gasteiger partial charge in [-0.1, -0.05) is 0 Å². The standard InChI is InChI=1S/C12H15FN4O/c1-4-18-12-6-11(10(14)5-9(12)13)17-8(3)15-7(2)16-17/h5-6H,4,14H2,1-3H3. The van der Waals surface area contributed by atoms with E-state index < -0.39 is 5.82 Å². The van der Waals surface area contributed by atoms with Crippen molar-refractivity contribution in [2.24, 2.45) is 0 Å². The minimum absolute atomic E-state index is 0.161. The number of benzene rings is 1. The number of hydrogen-bond acceptors (Lipinski definition) is 4. The molecule has 0 aliphatic heterocycles. The Morgan fingerprint density at radius 3 is 2.67 bits per heavy atom. The van der Waals surface area contributed by atoms with Crippen LogP contribution < -0.4 is 10.5 Å². The Morgan fingerprint density at radius 2 is 2.11 bits per heavy atom. The Balaban J connectivity index is 2.56. The number of halogens is 1. The van der Waals surface area contributed by atoms with E-state index in [1.807, 2.05) is 6.92 Å². The lowest BCUT2D eigenvalue weighted by Crippen LogP contribution is -2.06. The van der Waals surface area contributed by atoms with Gasteiger partial charge < -0.3 is 10.5 Å². The highest BCUT2D eigenvalue weighted by Gasteiger charge is 2.13. The van der Waals surface area contributed by atoms with Crippen molar-refractivity contribution in [2.75, 3.05) is 12.3 Å². The van der Waals surface area contributed by atoms with Crippen molar-refractivity contribution in [3.8, 4) is 11.4 Å². The smallest absolute Gasteiger partial charge is 0.167 e. The maximum atomic E-state index is 13.6. The van der Waals surface area contributed by atoms with Crippen LogP contribution in [0, 0.1) is 19.7 Å². The molecule has 0 fully saturated rings. The van der Waals surface area contributed by atoms with Gasteiger partial charge in [-0.25, -0.2) is 14.1 Å². The fourth-order valence-corrected chi connectivity index (χ4v) is 1.76. The molecule has 2 aromatic rings. The molecule has 5 nitrogen and oxygen atoms in total. The monoisotopic (exact) mass is 250 g/mol. The number of nitrogens with two attached hydrogens (primary N) is 1. The number of nitrogens with zero attached hydrogens (tertiary/aromatic N) is 3. The van der Waals surface area contributed by atoms with Crippen molar-refractivity contribution < 1.29 is 9.13 Å². The zero-order valence-electron chi connectivity index (χ0n) is 10.6. The van der Waals surface area contributed by atoms with E-state index in [1.54, 1.807) is 18.5 Å². The van der Waals surface area contributed by atoms with Gasteiger partial charge >= 0.3 is 0 Å². The van der Waals surface area contributed by atoms with Crippen molar-refractivity contribution in [3.05, 3.63) is 29.6 Å². The Kier molecular flexibility index (Phi) is 3.18. The third-order valence-corrected chi connectivity index (χ3v) is 2.48. The van der Waals surface area contributed by atoms with Gasteiger partial charge in [-0.2, -0.15) is 5.10 Å². The first-order valence-corrected chi connectivity index (χ1v) is 5.65. The maximum Gasteiger partial charge on any atom is 0.167 e. The zero-order chi connectivity index (χ0) is 13.3. The van der Waals surface area contributed by atoms with E-state index >= 15 is 0 Å². The highest BCUT2D eigenvalue weighted by Crippen LogP contribution is 2.27. The molecule has 0 saturated heterocycles. The lowest BCUT2D eigenvalue weighted by Gasteiger charge is -2.11. The van der Waals surface area contributed by atoms with Crippen molar-refractivity contribution >= 4 is 5.69 Å². The summed E-state index contributed by atoms with van der Waals surface area (Å²) in [5, 5.41) is 4.22. The van der Waals surface area contributed by atoms with Crippen LogP contribution in [0.4, 0.5) is 10.1 Å². The quantitative estimate of drug-likeness (QED) is 0.846. The van der Waals surface area contributed by atoms with E-state index in [2.05, 4.69) is 10.1 Å². The molecule has 0 radical (unpaired) electrons. The average molecular weight is 250 g/mol. The SMILES string of the molecule is CCOc1cc(-n2nc(C)nc2C)c(N)cc1F. The fraction of sp³-hybridized carbons (Fsp3) is 0.333. The lowest BCUT2D eigenvalue weighted by molar-refractivity contribution is 0.321. The highest BCUT2D eigenvalue weighted by atomic mass is 19.1. The first-order chi connectivity index (χ1) is 8.52. The summed E-state index contributed by atoms with van der Waals surface area (Å²) in [6.45, 7) is 5.77. The van der Waals surface area contributed by atoms with Crippen LogP contribution >= 0.6 is 0 Å². The van der Waals surface area contributed by atoms with Gasteiger partial charge in [0.15, 0.2) is 11.6 Å². The Labute approximate surface area is 104 Å². The molecule has 2 N–H and O–H groups in total. The van der Waals surface area contributed by atoms with Crippen LogP contribution in [0.25, 0.3) is 5.69 Å². The second-order valence-electron chi connectivity index (χ2n) is 3.89. The van der Waals surface area contributed by atoms with Gasteiger partial charge in [0.25, 0.3) is 0 Å². The minimum Gasteiger partial charge on any atom is -0.491 e. The largest absolute Gasteiger partial charge is 0.491 e. The van der Waals surface area contributed by atoms with Gasteiger partial charge in [-0.05, 0) is 20.8 Å². The highest BCUT2D eigenvalue weighted by molar-refractivity contribution is 5.61. The molecule has 0 aliphatic carbocycles. The van der Waals surface area contributed by atoms with Gasteiger partial charge in [0.05, 0.1) is 18.0 Å². The summed E-state index contributed by atoms with van der Waals surface area (Å²) in [5.41, 5.74) is 6.68. The second-order valence-corrected chi connectivity index (χ2v) is 3.89. The molecule has 0 saturated carbocycles. The topological polar surface area (TPSA) is 66.0 Å². The van der Waals surface area contributed by atoms with E-state index in [1.165, 1.54) is 12.1 Å². The molecule has 0 bridgehead atoms. The van der Waals surface area contributed by atoms with Crippen LogP contribution in [0.5, 0.6) is 5.75 Å². The minimum atomic E-state index is -0.479. The van der Waals surface area contributed by atoms with Gasteiger partial charge in [0.1, 0.15) is 11.6 Å². The summed E-state index contributed by atoms with van der Waals surface area (Å²) in [4.78, 5) is 4.19. The molecule has 0 amide bonds. The second kappa shape index (κ2) is 4.64. The van der Waals surface area contributed by atoms with Crippen molar-refractivity contribution in [2.45, 2.75) is 20.8 Å². The van der Waals surface area contributed by atoms with E-state index in [-0.39, 0.29) is 5.75 Å². The summed E-state index contributed by atoms with van der Waals surface area (Å²) in [6, 6.07) is 2.77. The van der Waals surface area contributed by atoms with Crippen molar-refractivity contribution in [1.82, 2.24) is 14.8 Å². The van der Waals surface area contributed by atoms with Crippen LogP contribution in [0.1, 0.15) is 18.6 Å². The number of aryl methyl sites for hydroxylation is 2. The van der Waals surface area contributed by atoms with Crippen LogP contribution in [0.15, 0.2) is 12.1 Å². The Hall–Kier alpha value is -2.11. The average Bonchev–Trinajstić information content (AvgIpc) is 2.62. The predicted molar refractivity (Wildman–Crippen MR) is 66.4 cm³/mol. The number of anilines is 1. The summed E-state index contributed by atoms with van der Waals surface area (Å²) >= 11 is 0. The lowest BCUT2D eigenvalue weighted by atomic mass is 10.2. The van der Waals surface area contributed by atoms with Crippen molar-refractivity contribution in [1.29, 1.82) is 0 Å². The molecule has 0 spiro atoms. The van der Waals surface area contributed by atoms with Gasteiger partial charge in [-0.15, -0.1) is 0 Å². The number of hydrogen-bond donors (Lipinski definition) is 1. The normalized spacial score (nSPS) is 10.7. The summed E-state index contributed by atoms with van der Waals surface area (Å²) < 4.78 is 20.4. The maximum absolute atomic E-state index is 13.6. The summed E-state index contributed by atoms with van der Waals surface area (Å²) in [6.07, 6.45) is 0. The molecule has 1 aromatic heterocycles. The molecule has 0 atom stereocenters. The van der Waals surface area contributed by atoms with Gasteiger partial charge in [-0.3, -0.25) is 0 Å². The third-order valence-electron chi connectivity index (χ3n) is 2.48. The molecule has 0 aliphatic rings. The Morgan fingerprint density at radius 1 is 1.39 bits per heavy atom. The first kappa shape index (κ1) is 12.3. The van der Waals surface area contributed by atoms with E-state index in [0.717, 1.165) is 0 Å². The number of nitrogen functional groups attached to an aromatic ring is 1.